The number of rotatable bonds is 7. The van der Waals surface area contributed by atoms with Gasteiger partial charge in [-0.3, -0.25) is 4.57 Å². The third-order valence-electron chi connectivity index (χ3n) is 8.18. The predicted octanol–water partition coefficient (Wildman–Crippen LogP) is 8.15. The van der Waals surface area contributed by atoms with E-state index >= 15 is 0 Å². The van der Waals surface area contributed by atoms with E-state index in [1.807, 2.05) is 51.1 Å². The first-order chi connectivity index (χ1) is 23.7. The Balaban J connectivity index is 1.19. The molecule has 3 aromatic heterocycles. The van der Waals surface area contributed by atoms with E-state index in [1.165, 1.54) is 32.2 Å². The number of thiophene rings is 1. The van der Waals surface area contributed by atoms with Gasteiger partial charge in [0, 0.05) is 49.6 Å². The molecule has 0 N–H and O–H groups in total. The van der Waals surface area contributed by atoms with Gasteiger partial charge in [0.15, 0.2) is 4.88 Å². The molecule has 5 aromatic rings. The van der Waals surface area contributed by atoms with Crippen molar-refractivity contribution in [1.82, 2.24) is 19.4 Å². The summed E-state index contributed by atoms with van der Waals surface area (Å²) in [5.41, 5.74) is 1.84. The second kappa shape index (κ2) is 13.7. The van der Waals surface area contributed by atoms with Crippen LogP contribution in [0.3, 0.4) is 0 Å². The summed E-state index contributed by atoms with van der Waals surface area (Å²) in [6.45, 7) is 9.43. The normalized spacial score (nSPS) is 14.5. The van der Waals surface area contributed by atoms with Gasteiger partial charge in [-0.15, -0.1) is 11.3 Å². The number of aromatic nitrogens is 3. The second-order valence-electron chi connectivity index (χ2n) is 12.8. The molecule has 1 saturated heterocycles. The molecule has 1 fully saturated rings. The summed E-state index contributed by atoms with van der Waals surface area (Å²) < 4.78 is 59.3. The Hall–Kier alpha value is -5.11. The lowest BCUT2D eigenvalue weighted by Crippen LogP contribution is -2.50. The van der Waals surface area contributed by atoms with Gasteiger partial charge in [-0.2, -0.15) is 13.2 Å². The Morgan fingerprint density at radius 1 is 0.920 bits per heavy atom. The fourth-order valence-corrected chi connectivity index (χ4v) is 6.72. The van der Waals surface area contributed by atoms with Gasteiger partial charge in [0.1, 0.15) is 34.6 Å². The molecule has 1 unspecified atom stereocenters. The van der Waals surface area contributed by atoms with E-state index in [9.17, 15) is 22.8 Å². The molecular formula is C36H36F3N5O5S. The quantitative estimate of drug-likeness (QED) is 0.156. The standard InChI is InChI=1S/C36H36F3N5O5S/c1-22(25-8-6-7-9-26(25)36(37,38)39)48-29-19-31(50-32(29)33(45)47-5)44-21-41-27-18-23(10-12-28(27)44)24-11-13-30(40-20-24)42-14-16-43(17-15-42)34(46)49-35(2,3)4/h6-13,18-22H,14-17H2,1-5H3. The number of pyridine rings is 1. The maximum absolute atomic E-state index is 13.7. The van der Waals surface area contributed by atoms with Gasteiger partial charge in [0.05, 0.1) is 23.7 Å². The highest BCUT2D eigenvalue weighted by molar-refractivity contribution is 7.16. The van der Waals surface area contributed by atoms with Crippen LogP contribution in [0.4, 0.5) is 23.8 Å². The summed E-state index contributed by atoms with van der Waals surface area (Å²) >= 11 is 1.09. The number of carbonyl (C=O) groups excluding carboxylic acids is 2. The van der Waals surface area contributed by atoms with Crippen LogP contribution >= 0.6 is 11.3 Å². The number of methoxy groups -OCH3 is 1. The Morgan fingerprint density at radius 2 is 1.64 bits per heavy atom. The highest BCUT2D eigenvalue weighted by atomic mass is 32.1. The van der Waals surface area contributed by atoms with Crippen molar-refractivity contribution in [2.24, 2.45) is 0 Å². The number of imidazole rings is 1. The monoisotopic (exact) mass is 707 g/mol. The second-order valence-corrected chi connectivity index (χ2v) is 13.8. The molecule has 0 saturated carbocycles. The van der Waals surface area contributed by atoms with Gasteiger partial charge in [-0.1, -0.05) is 24.3 Å². The molecule has 14 heteroatoms. The van der Waals surface area contributed by atoms with Crippen molar-refractivity contribution < 1.29 is 37.0 Å². The first-order valence-electron chi connectivity index (χ1n) is 15.9. The van der Waals surface area contributed by atoms with Gasteiger partial charge >= 0.3 is 18.2 Å². The fraction of sp³-hybridized carbons (Fsp3) is 0.333. The molecule has 50 heavy (non-hydrogen) atoms. The van der Waals surface area contributed by atoms with Gasteiger partial charge < -0.3 is 24.0 Å². The number of piperazine rings is 1. The average molecular weight is 708 g/mol. The van der Waals surface area contributed by atoms with Crippen LogP contribution in [-0.4, -0.2) is 70.4 Å². The summed E-state index contributed by atoms with van der Waals surface area (Å²) in [6, 6.07) is 16.5. The topological polar surface area (TPSA) is 99.0 Å². The molecule has 0 spiro atoms. The molecule has 1 aliphatic rings. The number of hydrogen-bond acceptors (Lipinski definition) is 9. The minimum atomic E-state index is -4.56. The van der Waals surface area contributed by atoms with Crippen LogP contribution in [0.15, 0.2) is 73.2 Å². The SMILES string of the molecule is COC(=O)c1sc(-n2cnc3cc(-c4ccc(N5CCN(C(=O)OC(C)(C)C)CC5)nc4)ccc32)cc1OC(C)c1ccccc1C(F)(F)F. The first kappa shape index (κ1) is 34.7. The van der Waals surface area contributed by atoms with Crippen LogP contribution in [-0.2, 0) is 15.7 Å². The van der Waals surface area contributed by atoms with Gasteiger partial charge in [-0.25, -0.2) is 19.6 Å². The van der Waals surface area contributed by atoms with Gasteiger partial charge in [-0.05, 0) is 63.6 Å². The van der Waals surface area contributed by atoms with Crippen LogP contribution in [0.25, 0.3) is 27.2 Å². The average Bonchev–Trinajstić information content (AvgIpc) is 3.70. The number of halogens is 3. The number of hydrogen-bond donors (Lipinski definition) is 0. The van der Waals surface area contributed by atoms with Crippen molar-refractivity contribution in [3.05, 3.63) is 89.2 Å². The highest BCUT2D eigenvalue weighted by Crippen LogP contribution is 2.40. The number of carbonyl (C=O) groups is 2. The van der Waals surface area contributed by atoms with E-state index in [0.717, 1.165) is 39.9 Å². The molecular weight excluding hydrogens is 671 g/mol. The van der Waals surface area contributed by atoms with Crippen molar-refractivity contribution in [3.8, 4) is 21.9 Å². The lowest BCUT2D eigenvalue weighted by molar-refractivity contribution is -0.139. The maximum Gasteiger partial charge on any atom is 0.416 e. The minimum absolute atomic E-state index is 0.0486. The number of benzene rings is 2. The van der Waals surface area contributed by atoms with Crippen molar-refractivity contribution in [3.63, 3.8) is 0 Å². The molecule has 1 amide bonds. The molecule has 0 bridgehead atoms. The number of fused-ring (bicyclic) bond motifs is 1. The Bertz CT molecular complexity index is 2010. The van der Waals surface area contributed by atoms with E-state index in [2.05, 4.69) is 14.9 Å². The predicted molar refractivity (Wildman–Crippen MR) is 184 cm³/mol. The molecule has 0 radical (unpaired) electrons. The smallest absolute Gasteiger partial charge is 0.416 e. The Kier molecular flexibility index (Phi) is 9.49. The van der Waals surface area contributed by atoms with Crippen molar-refractivity contribution in [2.75, 3.05) is 38.2 Å². The lowest BCUT2D eigenvalue weighted by atomic mass is 10.0. The molecule has 2 aromatic carbocycles. The Morgan fingerprint density at radius 3 is 2.30 bits per heavy atom. The zero-order valence-corrected chi connectivity index (χ0v) is 29.0. The number of esters is 1. The highest BCUT2D eigenvalue weighted by Gasteiger charge is 2.35. The van der Waals surface area contributed by atoms with Gasteiger partial charge in [0.25, 0.3) is 0 Å². The summed E-state index contributed by atoms with van der Waals surface area (Å²) in [6.07, 6.45) is -2.46. The number of anilines is 1. The summed E-state index contributed by atoms with van der Waals surface area (Å²) in [4.78, 5) is 38.4. The maximum atomic E-state index is 13.7. The lowest BCUT2D eigenvalue weighted by Gasteiger charge is -2.36. The summed E-state index contributed by atoms with van der Waals surface area (Å²) in [7, 11) is 1.23. The van der Waals surface area contributed by atoms with Gasteiger partial charge in [0.2, 0.25) is 0 Å². The number of alkyl halides is 3. The van der Waals surface area contributed by atoms with Crippen LogP contribution < -0.4 is 9.64 Å². The fourth-order valence-electron chi connectivity index (χ4n) is 5.72. The van der Waals surface area contributed by atoms with Crippen LogP contribution in [0.1, 0.15) is 54.6 Å². The van der Waals surface area contributed by atoms with E-state index in [0.29, 0.717) is 36.7 Å². The van der Waals surface area contributed by atoms with Crippen LogP contribution in [0.5, 0.6) is 5.75 Å². The van der Waals surface area contributed by atoms with Crippen molar-refractivity contribution >= 4 is 40.3 Å². The molecule has 1 aliphatic heterocycles. The zero-order valence-electron chi connectivity index (χ0n) is 28.2. The third kappa shape index (κ3) is 7.39. The number of nitrogens with zero attached hydrogens (tertiary/aromatic N) is 5. The Labute approximate surface area is 291 Å². The first-order valence-corrected chi connectivity index (χ1v) is 16.7. The molecule has 1 atom stereocenters. The molecule has 10 nitrogen and oxygen atoms in total. The minimum Gasteiger partial charge on any atom is -0.484 e. The number of ether oxygens (including phenoxy) is 3. The molecule has 6 rings (SSSR count). The zero-order chi connectivity index (χ0) is 35.8. The third-order valence-corrected chi connectivity index (χ3v) is 9.28. The summed E-state index contributed by atoms with van der Waals surface area (Å²) in [5, 5.41) is 0.574. The largest absolute Gasteiger partial charge is 0.484 e. The van der Waals surface area contributed by atoms with Crippen LogP contribution in [0.2, 0.25) is 0 Å². The molecule has 4 heterocycles. The van der Waals surface area contributed by atoms with Crippen LogP contribution in [0, 0.1) is 0 Å². The van der Waals surface area contributed by atoms with Crippen molar-refractivity contribution in [2.45, 2.75) is 45.6 Å². The van der Waals surface area contributed by atoms with E-state index in [4.69, 9.17) is 14.2 Å². The van der Waals surface area contributed by atoms with E-state index in [-0.39, 0.29) is 22.3 Å². The number of amides is 1. The van der Waals surface area contributed by atoms with Crippen molar-refractivity contribution in [1.29, 1.82) is 0 Å². The van der Waals surface area contributed by atoms with E-state index < -0.39 is 29.4 Å². The van der Waals surface area contributed by atoms with E-state index in [1.54, 1.807) is 28.1 Å². The molecule has 262 valence electrons. The summed E-state index contributed by atoms with van der Waals surface area (Å²) in [5.74, 6) is 0.258. The molecule has 0 aliphatic carbocycles.